The molecule has 0 aromatic rings. The molecular weight excluding hydrogens is 176 g/mol. The third-order valence-corrected chi connectivity index (χ3v) is 3.19. The summed E-state index contributed by atoms with van der Waals surface area (Å²) < 4.78 is 12.0. The fraction of sp³-hybridized carbons (Fsp3) is 1.00. The lowest BCUT2D eigenvalue weighted by Crippen LogP contribution is -2.44. The first-order chi connectivity index (χ1) is 6.19. The van der Waals surface area contributed by atoms with E-state index in [9.17, 15) is 0 Å². The fourth-order valence-electron chi connectivity index (χ4n) is 2.28. The normalized spacial score (nSPS) is 37.1. The molecule has 84 valence electrons. The van der Waals surface area contributed by atoms with Gasteiger partial charge in [-0.1, -0.05) is 27.7 Å². The van der Waals surface area contributed by atoms with E-state index in [-0.39, 0.29) is 11.7 Å². The Morgan fingerprint density at radius 2 is 1.50 bits per heavy atom. The van der Waals surface area contributed by atoms with E-state index < -0.39 is 5.79 Å². The molecular formula is C12H24O2. The highest BCUT2D eigenvalue weighted by atomic mass is 16.8. The molecule has 0 spiro atoms. The first-order valence-corrected chi connectivity index (χ1v) is 5.57. The molecule has 1 aliphatic rings. The molecule has 0 unspecified atom stereocenters. The van der Waals surface area contributed by atoms with Crippen LogP contribution < -0.4 is 0 Å². The molecule has 2 nitrogen and oxygen atoms in total. The molecule has 0 aliphatic carbocycles. The van der Waals surface area contributed by atoms with Crippen molar-refractivity contribution in [2.24, 2.45) is 11.8 Å². The number of rotatable bonds is 2. The van der Waals surface area contributed by atoms with Gasteiger partial charge in [0.15, 0.2) is 5.79 Å². The Bertz CT molecular complexity index is 208. The Labute approximate surface area is 88.0 Å². The van der Waals surface area contributed by atoms with Crippen LogP contribution in [-0.2, 0) is 9.47 Å². The summed E-state index contributed by atoms with van der Waals surface area (Å²) in [6.45, 7) is 14.9. The Balaban J connectivity index is 2.93. The quantitative estimate of drug-likeness (QED) is 0.681. The minimum Gasteiger partial charge on any atom is -0.344 e. The molecule has 0 N–H and O–H groups in total. The Morgan fingerprint density at radius 3 is 1.79 bits per heavy atom. The van der Waals surface area contributed by atoms with Gasteiger partial charge in [-0.25, -0.2) is 0 Å². The van der Waals surface area contributed by atoms with E-state index in [1.54, 1.807) is 0 Å². The lowest BCUT2D eigenvalue weighted by Gasteiger charge is -2.34. The van der Waals surface area contributed by atoms with E-state index in [4.69, 9.17) is 9.47 Å². The predicted molar refractivity (Wildman–Crippen MR) is 58.1 cm³/mol. The van der Waals surface area contributed by atoms with E-state index in [1.807, 2.05) is 13.8 Å². The number of ether oxygens (including phenoxy) is 2. The van der Waals surface area contributed by atoms with Crippen molar-refractivity contribution in [3.63, 3.8) is 0 Å². The molecule has 2 atom stereocenters. The fourth-order valence-corrected chi connectivity index (χ4v) is 2.28. The summed E-state index contributed by atoms with van der Waals surface area (Å²) in [5, 5.41) is 0. The standard InChI is InChI=1S/C12H24O2/c1-8(2)10-12(7,9(3)4)14-11(5,6)13-10/h8-10H,1-7H3/t10-,12-/m1/s1. The molecule has 0 aromatic heterocycles. The Kier molecular flexibility index (Phi) is 2.99. The third-order valence-electron chi connectivity index (χ3n) is 3.19. The molecule has 0 aromatic carbocycles. The van der Waals surface area contributed by atoms with Gasteiger partial charge >= 0.3 is 0 Å². The Morgan fingerprint density at radius 1 is 1.00 bits per heavy atom. The van der Waals surface area contributed by atoms with Crippen molar-refractivity contribution < 1.29 is 9.47 Å². The van der Waals surface area contributed by atoms with E-state index in [1.165, 1.54) is 0 Å². The average molecular weight is 200 g/mol. The Hall–Kier alpha value is -0.0800. The van der Waals surface area contributed by atoms with Crippen LogP contribution in [-0.4, -0.2) is 17.5 Å². The van der Waals surface area contributed by atoms with Crippen LogP contribution in [0.5, 0.6) is 0 Å². The highest BCUT2D eigenvalue weighted by Crippen LogP contribution is 2.43. The second kappa shape index (κ2) is 3.49. The molecule has 1 aliphatic heterocycles. The molecule has 0 saturated carbocycles. The van der Waals surface area contributed by atoms with Crippen molar-refractivity contribution >= 4 is 0 Å². The summed E-state index contributed by atoms with van der Waals surface area (Å²) in [5.41, 5.74) is -0.155. The van der Waals surface area contributed by atoms with Crippen molar-refractivity contribution in [3.8, 4) is 0 Å². The number of hydrogen-bond donors (Lipinski definition) is 0. The van der Waals surface area contributed by atoms with E-state index in [2.05, 4.69) is 34.6 Å². The van der Waals surface area contributed by atoms with Crippen molar-refractivity contribution in [2.45, 2.75) is 66.0 Å². The zero-order valence-corrected chi connectivity index (χ0v) is 10.5. The van der Waals surface area contributed by atoms with Gasteiger partial charge in [0.1, 0.15) is 0 Å². The molecule has 1 rings (SSSR count). The summed E-state index contributed by atoms with van der Waals surface area (Å²) in [7, 11) is 0. The predicted octanol–water partition coefficient (Wildman–Crippen LogP) is 3.21. The molecule has 1 fully saturated rings. The topological polar surface area (TPSA) is 18.5 Å². The molecule has 1 saturated heterocycles. The molecule has 14 heavy (non-hydrogen) atoms. The van der Waals surface area contributed by atoms with Gasteiger partial charge in [-0.3, -0.25) is 0 Å². The van der Waals surface area contributed by atoms with E-state index in [0.29, 0.717) is 11.8 Å². The molecule has 1 heterocycles. The summed E-state index contributed by atoms with van der Waals surface area (Å²) in [4.78, 5) is 0. The molecule has 0 radical (unpaired) electrons. The summed E-state index contributed by atoms with van der Waals surface area (Å²) >= 11 is 0. The smallest absolute Gasteiger partial charge is 0.164 e. The van der Waals surface area contributed by atoms with Crippen molar-refractivity contribution in [1.82, 2.24) is 0 Å². The zero-order valence-electron chi connectivity index (χ0n) is 10.5. The second-order valence-corrected chi connectivity index (χ2v) is 5.62. The lowest BCUT2D eigenvalue weighted by molar-refractivity contribution is -0.168. The summed E-state index contributed by atoms with van der Waals surface area (Å²) in [6.07, 6.45) is 0.192. The van der Waals surface area contributed by atoms with Crippen LogP contribution >= 0.6 is 0 Å². The molecule has 0 bridgehead atoms. The first kappa shape index (κ1) is 12.0. The van der Waals surface area contributed by atoms with Crippen LogP contribution in [0.15, 0.2) is 0 Å². The molecule has 2 heteroatoms. The largest absolute Gasteiger partial charge is 0.344 e. The van der Waals surface area contributed by atoms with Crippen molar-refractivity contribution in [1.29, 1.82) is 0 Å². The van der Waals surface area contributed by atoms with Crippen LogP contribution in [0.4, 0.5) is 0 Å². The maximum absolute atomic E-state index is 6.05. The van der Waals surface area contributed by atoms with E-state index >= 15 is 0 Å². The first-order valence-electron chi connectivity index (χ1n) is 5.57. The van der Waals surface area contributed by atoms with Gasteiger partial charge in [0, 0.05) is 0 Å². The SMILES string of the molecule is CC(C)[C@H]1OC(C)(C)O[C@]1(C)C(C)C. The monoisotopic (exact) mass is 200 g/mol. The van der Waals surface area contributed by atoms with Gasteiger partial charge in [-0.2, -0.15) is 0 Å². The average Bonchev–Trinajstić information content (AvgIpc) is 2.22. The van der Waals surface area contributed by atoms with Gasteiger partial charge in [0.05, 0.1) is 11.7 Å². The van der Waals surface area contributed by atoms with E-state index in [0.717, 1.165) is 0 Å². The maximum Gasteiger partial charge on any atom is 0.164 e. The minimum absolute atomic E-state index is 0.155. The number of hydrogen-bond acceptors (Lipinski definition) is 2. The van der Waals surface area contributed by atoms with Crippen LogP contribution in [0.25, 0.3) is 0 Å². The van der Waals surface area contributed by atoms with Crippen molar-refractivity contribution in [3.05, 3.63) is 0 Å². The lowest BCUT2D eigenvalue weighted by atomic mass is 9.82. The zero-order chi connectivity index (χ0) is 11.1. The summed E-state index contributed by atoms with van der Waals surface area (Å²) in [5.74, 6) is 0.523. The van der Waals surface area contributed by atoms with Gasteiger partial charge in [-0.15, -0.1) is 0 Å². The molecule has 0 amide bonds. The highest BCUT2D eigenvalue weighted by Gasteiger charge is 2.52. The van der Waals surface area contributed by atoms with Crippen molar-refractivity contribution in [2.75, 3.05) is 0 Å². The maximum atomic E-state index is 6.05. The van der Waals surface area contributed by atoms with Gasteiger partial charge in [0.25, 0.3) is 0 Å². The minimum atomic E-state index is -0.437. The summed E-state index contributed by atoms with van der Waals surface area (Å²) in [6, 6.07) is 0. The second-order valence-electron chi connectivity index (χ2n) is 5.62. The van der Waals surface area contributed by atoms with Crippen LogP contribution in [0, 0.1) is 11.8 Å². The van der Waals surface area contributed by atoms with Crippen LogP contribution in [0.3, 0.4) is 0 Å². The third kappa shape index (κ3) is 1.96. The van der Waals surface area contributed by atoms with Gasteiger partial charge < -0.3 is 9.47 Å². The van der Waals surface area contributed by atoms with Gasteiger partial charge in [-0.05, 0) is 32.6 Å². The van der Waals surface area contributed by atoms with Crippen LogP contribution in [0.2, 0.25) is 0 Å². The highest BCUT2D eigenvalue weighted by molar-refractivity contribution is 4.96. The van der Waals surface area contributed by atoms with Crippen LogP contribution in [0.1, 0.15) is 48.5 Å². The van der Waals surface area contributed by atoms with Gasteiger partial charge in [0.2, 0.25) is 0 Å².